The van der Waals surface area contributed by atoms with Gasteiger partial charge in [-0.15, -0.1) is 0 Å². The first-order chi connectivity index (χ1) is 12.2. The standard InChI is InChI=1S/C19H30N2O4S/c1-3-8-16(9-4-2)26(24,25)14-19(21,18(20)23)17(22)13-12-15-10-6-5-7-11-15/h5-7,10-11,16H,3-4,8-9,12-14,21H2,1-2H3,(H2,20,23). The number of carbonyl (C=O) groups excluding carboxylic acids is 2. The minimum Gasteiger partial charge on any atom is -0.368 e. The van der Waals surface area contributed by atoms with E-state index in [0.717, 1.165) is 5.56 Å². The van der Waals surface area contributed by atoms with Crippen LogP contribution in [0.3, 0.4) is 0 Å². The number of hydrogen-bond donors (Lipinski definition) is 2. The van der Waals surface area contributed by atoms with Crippen LogP contribution in [-0.2, 0) is 25.8 Å². The Balaban J connectivity index is 2.96. The molecule has 0 saturated carbocycles. The molecule has 0 aromatic heterocycles. The van der Waals surface area contributed by atoms with Crippen molar-refractivity contribution in [2.75, 3.05) is 5.75 Å². The molecule has 0 aliphatic carbocycles. The van der Waals surface area contributed by atoms with Crippen LogP contribution in [0.1, 0.15) is 51.5 Å². The van der Waals surface area contributed by atoms with Crippen molar-refractivity contribution in [3.05, 3.63) is 35.9 Å². The summed E-state index contributed by atoms with van der Waals surface area (Å²) in [7, 11) is -3.72. The SMILES string of the molecule is CCCC(CCC)S(=O)(=O)CC(N)(C(N)=O)C(=O)CCc1ccccc1. The molecule has 0 heterocycles. The normalized spacial score (nSPS) is 14.2. The molecule has 4 N–H and O–H groups in total. The van der Waals surface area contributed by atoms with Gasteiger partial charge in [-0.25, -0.2) is 8.42 Å². The Bertz CT molecular complexity index is 698. The van der Waals surface area contributed by atoms with Gasteiger partial charge < -0.3 is 11.5 Å². The maximum Gasteiger partial charge on any atom is 0.246 e. The van der Waals surface area contributed by atoms with E-state index in [4.69, 9.17) is 11.5 Å². The van der Waals surface area contributed by atoms with Crippen molar-refractivity contribution in [3.63, 3.8) is 0 Å². The molecule has 0 saturated heterocycles. The molecule has 1 rings (SSSR count). The van der Waals surface area contributed by atoms with Crippen LogP contribution in [0.25, 0.3) is 0 Å². The van der Waals surface area contributed by atoms with E-state index < -0.39 is 38.1 Å². The lowest BCUT2D eigenvalue weighted by Gasteiger charge is -2.27. The Morgan fingerprint density at radius 2 is 1.62 bits per heavy atom. The van der Waals surface area contributed by atoms with Crippen molar-refractivity contribution < 1.29 is 18.0 Å². The highest BCUT2D eigenvalue weighted by molar-refractivity contribution is 7.92. The quantitative estimate of drug-likeness (QED) is 0.534. The van der Waals surface area contributed by atoms with Crippen molar-refractivity contribution >= 4 is 21.5 Å². The third-order valence-electron chi connectivity index (χ3n) is 4.58. The van der Waals surface area contributed by atoms with Crippen molar-refractivity contribution in [1.29, 1.82) is 0 Å². The van der Waals surface area contributed by atoms with Gasteiger partial charge in [0, 0.05) is 6.42 Å². The number of nitrogens with two attached hydrogens (primary N) is 2. The Kier molecular flexibility index (Phi) is 8.43. The van der Waals surface area contributed by atoms with Crippen LogP contribution in [0, 0.1) is 0 Å². The molecule has 1 aromatic rings. The minimum absolute atomic E-state index is 0.0365. The molecule has 1 amide bonds. The van der Waals surface area contributed by atoms with Crippen LogP contribution in [0.2, 0.25) is 0 Å². The van der Waals surface area contributed by atoms with Crippen LogP contribution >= 0.6 is 0 Å². The van der Waals surface area contributed by atoms with Crippen LogP contribution in [-0.4, -0.2) is 36.6 Å². The Morgan fingerprint density at radius 1 is 1.08 bits per heavy atom. The van der Waals surface area contributed by atoms with Gasteiger partial charge >= 0.3 is 0 Å². The molecule has 7 heteroatoms. The van der Waals surface area contributed by atoms with E-state index in [1.807, 2.05) is 44.2 Å². The predicted octanol–water partition coefficient (Wildman–Crippen LogP) is 1.75. The molecule has 6 nitrogen and oxygen atoms in total. The fourth-order valence-electron chi connectivity index (χ4n) is 3.00. The molecule has 1 unspecified atom stereocenters. The summed E-state index contributed by atoms with van der Waals surface area (Å²) in [5.74, 6) is -2.46. The first kappa shape index (κ1) is 22.3. The van der Waals surface area contributed by atoms with Crippen molar-refractivity contribution in [3.8, 4) is 0 Å². The van der Waals surface area contributed by atoms with E-state index in [2.05, 4.69) is 0 Å². The number of sulfone groups is 1. The van der Waals surface area contributed by atoms with E-state index in [1.165, 1.54) is 0 Å². The zero-order valence-corrected chi connectivity index (χ0v) is 16.4. The van der Waals surface area contributed by atoms with E-state index in [1.54, 1.807) is 0 Å². The van der Waals surface area contributed by atoms with Crippen LogP contribution in [0.4, 0.5) is 0 Å². The summed E-state index contributed by atoms with van der Waals surface area (Å²) in [6.45, 7) is 3.79. The van der Waals surface area contributed by atoms with Crippen LogP contribution < -0.4 is 11.5 Å². The smallest absolute Gasteiger partial charge is 0.246 e. The fraction of sp³-hybridized carbons (Fsp3) is 0.579. The molecular formula is C19H30N2O4S. The van der Waals surface area contributed by atoms with Gasteiger partial charge in [0.2, 0.25) is 5.91 Å². The van der Waals surface area contributed by atoms with E-state index in [0.29, 0.717) is 32.1 Å². The van der Waals surface area contributed by atoms with E-state index >= 15 is 0 Å². The molecule has 0 aliphatic rings. The monoisotopic (exact) mass is 382 g/mol. The molecule has 146 valence electrons. The molecule has 0 spiro atoms. The average Bonchev–Trinajstić information content (AvgIpc) is 2.59. The van der Waals surface area contributed by atoms with Gasteiger partial charge in [0.1, 0.15) is 0 Å². The number of aryl methyl sites for hydroxylation is 1. The van der Waals surface area contributed by atoms with Gasteiger partial charge in [-0.1, -0.05) is 57.0 Å². The lowest BCUT2D eigenvalue weighted by atomic mass is 9.92. The zero-order valence-electron chi connectivity index (χ0n) is 15.6. The molecule has 1 aromatic carbocycles. The molecule has 26 heavy (non-hydrogen) atoms. The van der Waals surface area contributed by atoms with Gasteiger partial charge in [-0.3, -0.25) is 9.59 Å². The van der Waals surface area contributed by atoms with Gasteiger partial charge in [-0.2, -0.15) is 0 Å². The maximum absolute atomic E-state index is 12.8. The number of primary amides is 1. The molecule has 0 aliphatic heterocycles. The van der Waals surface area contributed by atoms with Gasteiger partial charge in [0.25, 0.3) is 0 Å². The summed E-state index contributed by atoms with van der Waals surface area (Å²) in [6, 6.07) is 9.24. The second-order valence-corrected chi connectivity index (χ2v) is 9.03. The number of rotatable bonds is 12. The van der Waals surface area contributed by atoms with Crippen molar-refractivity contribution in [2.24, 2.45) is 11.5 Å². The number of ketones is 1. The number of carbonyl (C=O) groups is 2. The van der Waals surface area contributed by atoms with Gasteiger partial charge in [0.15, 0.2) is 21.2 Å². The molecular weight excluding hydrogens is 352 g/mol. The van der Waals surface area contributed by atoms with Crippen LogP contribution in [0.15, 0.2) is 30.3 Å². The summed E-state index contributed by atoms with van der Waals surface area (Å²) < 4.78 is 25.5. The third-order valence-corrected chi connectivity index (χ3v) is 6.92. The summed E-state index contributed by atoms with van der Waals surface area (Å²) in [4.78, 5) is 24.5. The lowest BCUT2D eigenvalue weighted by molar-refractivity contribution is -0.133. The van der Waals surface area contributed by atoms with Gasteiger partial charge in [0.05, 0.1) is 11.0 Å². The highest BCUT2D eigenvalue weighted by Gasteiger charge is 2.45. The second kappa shape index (κ2) is 9.83. The van der Waals surface area contributed by atoms with Crippen molar-refractivity contribution in [2.45, 2.75) is 63.2 Å². The van der Waals surface area contributed by atoms with E-state index in [-0.39, 0.29) is 6.42 Å². The lowest BCUT2D eigenvalue weighted by Crippen LogP contribution is -2.63. The highest BCUT2D eigenvalue weighted by Crippen LogP contribution is 2.21. The molecule has 1 atom stereocenters. The van der Waals surface area contributed by atoms with Gasteiger partial charge in [-0.05, 0) is 24.8 Å². The summed E-state index contributed by atoms with van der Waals surface area (Å²) >= 11 is 0. The second-order valence-electron chi connectivity index (χ2n) is 6.75. The largest absolute Gasteiger partial charge is 0.368 e. The highest BCUT2D eigenvalue weighted by atomic mass is 32.2. The summed E-state index contributed by atoms with van der Waals surface area (Å²) in [5, 5.41) is -0.610. The number of amides is 1. The Labute approximate surface area is 156 Å². The number of hydrogen-bond acceptors (Lipinski definition) is 5. The average molecular weight is 383 g/mol. The molecule has 0 fully saturated rings. The number of Topliss-reactive ketones (excluding diaryl/α,β-unsaturated/α-hetero) is 1. The van der Waals surface area contributed by atoms with E-state index in [9.17, 15) is 18.0 Å². The minimum atomic E-state index is -3.72. The fourth-order valence-corrected chi connectivity index (χ4v) is 5.36. The maximum atomic E-state index is 12.8. The summed E-state index contributed by atoms with van der Waals surface area (Å²) in [5.41, 5.74) is 10.0. The number of benzene rings is 1. The Morgan fingerprint density at radius 3 is 2.08 bits per heavy atom. The molecule has 0 bridgehead atoms. The summed E-state index contributed by atoms with van der Waals surface area (Å²) in [6.07, 6.45) is 2.68. The van der Waals surface area contributed by atoms with Crippen molar-refractivity contribution in [1.82, 2.24) is 0 Å². The first-order valence-corrected chi connectivity index (χ1v) is 10.8. The predicted molar refractivity (Wildman–Crippen MR) is 103 cm³/mol. The van der Waals surface area contributed by atoms with Crippen LogP contribution in [0.5, 0.6) is 0 Å². The zero-order chi connectivity index (χ0) is 19.8. The first-order valence-electron chi connectivity index (χ1n) is 9.05. The Hall–Kier alpha value is -1.73. The third kappa shape index (κ3) is 5.92. The topological polar surface area (TPSA) is 120 Å². The molecule has 0 radical (unpaired) electrons.